The van der Waals surface area contributed by atoms with Crippen molar-refractivity contribution in [3.05, 3.63) is 284 Å². The molecule has 44 nitrogen and oxygen atoms in total. The van der Waals surface area contributed by atoms with E-state index < -0.39 is 24.0 Å². The van der Waals surface area contributed by atoms with E-state index in [2.05, 4.69) is 184 Å². The number of Topliss-reactive ketones (excluding diaryl/α,β-unsaturated/α-hetero) is 1. The van der Waals surface area contributed by atoms with Gasteiger partial charge in [0.1, 0.15) is 34.7 Å². The molecule has 52 heteroatoms. The number of halogens is 7. The summed E-state index contributed by atoms with van der Waals surface area (Å²) in [5.41, 5.74) is 14.3. The zero-order chi connectivity index (χ0) is 106. The monoisotopic (exact) mass is 2320 g/mol. The number of nitrogens with two attached hydrogens (primary N) is 1. The lowest BCUT2D eigenvalue weighted by molar-refractivity contribution is -0.140. The van der Waals surface area contributed by atoms with Gasteiger partial charge in [-0.1, -0.05) is 96.8 Å². The molecule has 17 heterocycles. The molecule has 9 aromatic rings. The summed E-state index contributed by atoms with van der Waals surface area (Å²) in [7, 11) is 0. The molecular formula is C95H107Br4ClF2N28O16S. The third kappa shape index (κ3) is 36.0. The van der Waals surface area contributed by atoms with Gasteiger partial charge in [-0.2, -0.15) is 19.0 Å². The lowest BCUT2D eigenvalue weighted by Gasteiger charge is -2.32. The average Bonchev–Trinajstić information content (AvgIpc) is 1.64. The number of nitrogen functional groups attached to an aromatic ring is 1. The predicted molar refractivity (Wildman–Crippen MR) is 548 cm³/mol. The Bertz CT molecular complexity index is 6330. The van der Waals surface area contributed by atoms with E-state index in [-0.39, 0.29) is 128 Å². The van der Waals surface area contributed by atoms with Crippen LogP contribution >= 0.6 is 86.7 Å². The van der Waals surface area contributed by atoms with Crippen molar-refractivity contribution in [3.8, 4) is 0 Å². The van der Waals surface area contributed by atoms with E-state index in [0.717, 1.165) is 101 Å². The summed E-state index contributed by atoms with van der Waals surface area (Å²) in [6.07, 6.45) is 17.3. The topological polar surface area (TPSA) is 547 Å². The molecular weight excluding hydrogens is 2210 g/mol. The Balaban J connectivity index is 0.000000162. The first-order valence-electron chi connectivity index (χ1n) is 45.8. The number of carboxylic acids is 1. The maximum Gasteiger partial charge on any atom is 0.410 e. The van der Waals surface area contributed by atoms with Crippen LogP contribution in [-0.4, -0.2) is 247 Å². The molecule has 0 bridgehead atoms. The van der Waals surface area contributed by atoms with Gasteiger partial charge in [-0.15, -0.1) is 11.3 Å². The maximum atomic E-state index is 13.0. The van der Waals surface area contributed by atoms with Gasteiger partial charge in [-0.05, 0) is 109 Å². The standard InChI is InChI=1S/C23H26N4O5.C11H13BrN4O.C11H12BrN3O.C11H12ClN3O.C10H10BrN3O2.C10H12F2N4O2.C10H11N3O3S.C9H11BrN4O/c28-20-10-14-26(22(30)24-20)15-18-7-4-11-27(21(18)29)19-8-12-25(13-9-19)23(31)32-16-17-5-2-1-3-6-17;1-7-2-3-16(11(17)15-7)6-8-4-9(12)5-14-10(8)13;2*1-8-3-5-15(11(16)14-8)7-10-6-9(12)2-4-13-10;11-7-4-12-9(13-5-7)6-14-2-1-8(15)3-10(14)16;1-10(11,12)7-4-6(14-15-7)5-16-3-2-8(17)13-9(16)18;1-6-2-3-13(10(16)11-6)4-8-12-7(5-17-8)9(14)15;1-6-2-3-14(9(15)12-6)5-8-7(10)4-11-13-8/h1-7,11,19H,8-10,12-16H2,(H,24,28,30);4-5H,1-3,6H2,(H2,13,14)(H,15,17);2*2,4,6H,1,3,5,7H2,(H,14,16);4-5H,1-3,6H2;4H,2-3,5H2,1H3,(H,14,15)(H,13,17,18);5H,1-4H2,(H,11,16)(H,14,15);4H,1-3,5H2,(H,11,13)(H,12,15). The molecule has 12 N–H and O–H groups in total. The number of ketones is 1. The number of imide groups is 2. The molecule has 0 atom stereocenters. The number of alkyl halides is 2. The molecule has 8 aromatic heterocycles. The number of hydrogen-bond donors (Lipinski definition) is 11. The lowest BCUT2D eigenvalue weighted by atomic mass is 10.0. The predicted octanol–water partition coefficient (Wildman–Crippen LogP) is 13.3. The number of pyridine rings is 4. The fourth-order valence-electron chi connectivity index (χ4n) is 14.8. The Morgan fingerprint density at radius 3 is 1.50 bits per heavy atom. The molecule has 18 amide bonds. The number of piperidine rings is 2. The number of likely N-dealkylation sites (tertiary alicyclic amines) is 2. The van der Waals surface area contributed by atoms with Gasteiger partial charge >= 0.3 is 54.3 Å². The second-order valence-electron chi connectivity index (χ2n) is 34.1. The number of H-pyrrole nitrogens is 2. The largest absolute Gasteiger partial charge is 0.476 e. The van der Waals surface area contributed by atoms with E-state index in [1.165, 1.54) is 32.6 Å². The van der Waals surface area contributed by atoms with Crippen molar-refractivity contribution < 1.29 is 81.0 Å². The number of nitrogens with one attached hydrogen (secondary N) is 9. The normalized spacial score (nSPS) is 16.6. The number of aromatic amines is 2. The van der Waals surface area contributed by atoms with Crippen molar-refractivity contribution in [2.24, 2.45) is 0 Å². The number of thiazole rings is 1. The molecule has 9 aliphatic heterocycles. The van der Waals surface area contributed by atoms with Crippen LogP contribution in [0.1, 0.15) is 150 Å². The molecule has 0 aliphatic carbocycles. The second kappa shape index (κ2) is 54.6. The van der Waals surface area contributed by atoms with Gasteiger partial charge in [-0.3, -0.25) is 54.8 Å². The summed E-state index contributed by atoms with van der Waals surface area (Å²) in [5, 5.41) is 42.0. The Kier molecular flexibility index (Phi) is 41.9. The van der Waals surface area contributed by atoms with Crippen LogP contribution in [0.4, 0.5) is 53.0 Å². The molecule has 18 rings (SSSR count). The van der Waals surface area contributed by atoms with E-state index >= 15 is 0 Å². The number of rotatable bonds is 21. The van der Waals surface area contributed by atoms with E-state index in [9.17, 15) is 75.9 Å². The summed E-state index contributed by atoms with van der Waals surface area (Å²) in [6.45, 7) is 27.9. The van der Waals surface area contributed by atoms with Crippen LogP contribution in [0, 0.1) is 0 Å². The van der Waals surface area contributed by atoms with Gasteiger partial charge in [0.05, 0.1) is 96.7 Å². The van der Waals surface area contributed by atoms with Crippen LogP contribution in [0.2, 0.25) is 5.02 Å². The van der Waals surface area contributed by atoms with Crippen molar-refractivity contribution >= 4 is 170 Å². The first-order valence-corrected chi connectivity index (χ1v) is 50.2. The number of aromatic carboxylic acids is 1. The highest BCUT2D eigenvalue weighted by atomic mass is 79.9. The minimum atomic E-state index is -3.02. The summed E-state index contributed by atoms with van der Waals surface area (Å²) in [4.78, 5) is 201. The van der Waals surface area contributed by atoms with Crippen LogP contribution in [0.15, 0.2) is 212 Å². The Morgan fingerprint density at radius 2 is 1.01 bits per heavy atom. The Morgan fingerprint density at radius 1 is 0.517 bits per heavy atom. The molecule has 0 saturated carbocycles. The van der Waals surface area contributed by atoms with Gasteiger partial charge in [0.25, 0.3) is 11.5 Å². The maximum absolute atomic E-state index is 13.0. The first-order chi connectivity index (χ1) is 70.1. The fraction of sp³-hybridized carbons (Fsp3) is 0.347. The number of urea groups is 7. The minimum Gasteiger partial charge on any atom is -0.476 e. The molecule has 0 radical (unpaired) electrons. The zero-order valence-electron chi connectivity index (χ0n) is 79.7. The number of hydrogen-bond acceptors (Lipinski definition) is 25. The third-order valence-corrected chi connectivity index (χ3v) is 25.9. The molecule has 0 unspecified atom stereocenters. The van der Waals surface area contributed by atoms with Gasteiger partial charge in [0.2, 0.25) is 17.7 Å². The Hall–Kier alpha value is -14.6. The molecule has 0 spiro atoms. The number of aromatic nitrogens is 11. The molecule has 147 heavy (non-hydrogen) atoms. The highest BCUT2D eigenvalue weighted by molar-refractivity contribution is 9.11. The number of nitrogens with zero attached hydrogens (tertiary/aromatic N) is 18. The van der Waals surface area contributed by atoms with Crippen molar-refractivity contribution in [1.29, 1.82) is 0 Å². The quantitative estimate of drug-likeness (QED) is 0.0298. The highest BCUT2D eigenvalue weighted by Crippen LogP contribution is 2.29. The van der Waals surface area contributed by atoms with Crippen LogP contribution < -0.4 is 48.5 Å². The summed E-state index contributed by atoms with van der Waals surface area (Å²) >= 11 is 20.4. The molecule has 1 aromatic carbocycles. The SMILES string of the molecule is C=C1CCN(Cc2[nH]ncc2Br)C(=O)N1.C=C1CCN(Cc2cc(Br)ccn2)C(=O)N1.C=C1CCN(Cc2cc(Br)cnc2N)C(=O)N1.C=C1CCN(Cc2cc(Cl)ccn2)C(=O)N1.C=C1CCN(Cc2nc(C(=O)O)cs2)C(=O)N1.CC(F)(F)c1cc(CN2CCC(=O)NC2=O)[nH]n1.O=C1CCN(Cc2cccn(C3CCN(C(=O)OCc4ccccc4)CC3)c2=O)C(=O)N1.O=C1CCN(Cc2ncc(Br)cn2)C(=O)C1. The molecule has 9 fully saturated rings. The number of anilines is 1. The van der Waals surface area contributed by atoms with E-state index in [0.29, 0.717) is 162 Å². The summed E-state index contributed by atoms with van der Waals surface area (Å²) in [6, 6.07) is 21.7. The summed E-state index contributed by atoms with van der Waals surface area (Å²) < 4.78 is 36.5. The second-order valence-corrected chi connectivity index (χ2v) is 39.1. The van der Waals surface area contributed by atoms with Crippen molar-refractivity contribution in [2.45, 2.75) is 148 Å². The molecule has 9 saturated heterocycles. The van der Waals surface area contributed by atoms with Gasteiger partial charge in [-0.25, -0.2) is 63.1 Å². The van der Waals surface area contributed by atoms with Gasteiger partial charge in [0.15, 0.2) is 5.69 Å². The lowest BCUT2D eigenvalue weighted by Crippen LogP contribution is -2.49. The fourth-order valence-corrected chi connectivity index (χ4v) is 17.0. The van der Waals surface area contributed by atoms with Crippen LogP contribution in [0.5, 0.6) is 0 Å². The average molecular weight is 2320 g/mol. The van der Waals surface area contributed by atoms with E-state index in [4.69, 9.17) is 27.2 Å². The van der Waals surface area contributed by atoms with Crippen LogP contribution in [-0.2, 0) is 88.8 Å². The molecule has 9 aliphatic rings. The summed E-state index contributed by atoms with van der Waals surface area (Å²) in [5.74, 6) is -3.79. The number of benzene rings is 1. The van der Waals surface area contributed by atoms with Crippen LogP contribution in [0.3, 0.4) is 0 Å². The third-order valence-electron chi connectivity index (χ3n) is 22.8. The number of amides is 18. The smallest absolute Gasteiger partial charge is 0.410 e. The highest BCUT2D eigenvalue weighted by Gasteiger charge is 2.34. The minimum absolute atomic E-state index is 0.0104. The number of carbonyl (C=O) groups is 13. The number of ether oxygens (including phenoxy) is 1. The molecule has 778 valence electrons. The van der Waals surface area contributed by atoms with Gasteiger partial charge in [0, 0.05) is 226 Å². The Labute approximate surface area is 884 Å². The van der Waals surface area contributed by atoms with Crippen LogP contribution in [0.25, 0.3) is 0 Å². The zero-order valence-corrected chi connectivity index (χ0v) is 87.6. The van der Waals surface area contributed by atoms with E-state index in [1.807, 2.05) is 48.5 Å². The first kappa shape index (κ1) is 113. The van der Waals surface area contributed by atoms with Gasteiger partial charge < -0.3 is 90.8 Å². The number of carboxylic acid groups (broad SMARTS) is 1. The van der Waals surface area contributed by atoms with Crippen molar-refractivity contribution in [2.75, 3.05) is 71.2 Å². The van der Waals surface area contributed by atoms with E-state index in [1.54, 1.807) is 107 Å². The van der Waals surface area contributed by atoms with Crippen molar-refractivity contribution in [1.82, 2.24) is 136 Å². The van der Waals surface area contributed by atoms with Crippen molar-refractivity contribution in [3.63, 3.8) is 0 Å². The number of carbonyl (C=O) groups excluding carboxylic acids is 12.